The highest BCUT2D eigenvalue weighted by Gasteiger charge is 2.28. The van der Waals surface area contributed by atoms with E-state index in [2.05, 4.69) is 0 Å². The van der Waals surface area contributed by atoms with E-state index >= 15 is 0 Å². The van der Waals surface area contributed by atoms with Crippen LogP contribution in [0.25, 0.3) is 16.3 Å². The maximum Gasteiger partial charge on any atom is 0.263 e. The Balaban J connectivity index is 1.83. The Kier molecular flexibility index (Phi) is 7.56. The maximum atomic E-state index is 11.6. The Hall–Kier alpha value is -1.64. The molecule has 0 spiro atoms. The van der Waals surface area contributed by atoms with Crippen LogP contribution in [-0.2, 0) is 26.1 Å². The first kappa shape index (κ1) is 26.4. The number of anilines is 1. The lowest BCUT2D eigenvalue weighted by atomic mass is 10.2. The number of thiazole rings is 1. The van der Waals surface area contributed by atoms with Gasteiger partial charge in [-0.2, -0.15) is 4.57 Å². The van der Waals surface area contributed by atoms with Gasteiger partial charge in [0.2, 0.25) is 11.4 Å². The van der Waals surface area contributed by atoms with E-state index in [1.165, 1.54) is 32.6 Å². The quantitative estimate of drug-likeness (QED) is 0.285. The summed E-state index contributed by atoms with van der Waals surface area (Å²) in [6, 6.07) is 10.0. The fourth-order valence-electron chi connectivity index (χ4n) is 3.51. The highest BCUT2D eigenvalue weighted by Crippen LogP contribution is 2.47. The number of hydrogen-bond acceptors (Lipinski definition) is 9. The van der Waals surface area contributed by atoms with E-state index < -0.39 is 32.0 Å². The van der Waals surface area contributed by atoms with Gasteiger partial charge in [0.05, 0.1) is 10.7 Å². The Morgan fingerprint density at radius 2 is 1.74 bits per heavy atom. The van der Waals surface area contributed by atoms with Crippen LogP contribution in [0.15, 0.2) is 58.0 Å². The lowest BCUT2D eigenvalue weighted by Gasteiger charge is -2.22. The molecule has 1 aliphatic rings. The molecule has 1 aromatic heterocycles. The van der Waals surface area contributed by atoms with E-state index in [4.69, 9.17) is 23.2 Å². The molecule has 0 saturated heterocycles. The summed E-state index contributed by atoms with van der Waals surface area (Å²) in [5.74, 6) is -1.54. The van der Waals surface area contributed by atoms with Crippen molar-refractivity contribution in [3.05, 3.63) is 68.1 Å². The van der Waals surface area contributed by atoms with Gasteiger partial charge in [0.25, 0.3) is 5.01 Å². The molecule has 0 radical (unpaired) electrons. The van der Waals surface area contributed by atoms with Crippen LogP contribution in [0.4, 0.5) is 5.69 Å². The van der Waals surface area contributed by atoms with Crippen molar-refractivity contribution in [3.8, 4) is 0 Å². The Labute approximate surface area is 221 Å². The number of allylic oxidation sites excluding steroid dienone is 2. The molecule has 0 saturated carbocycles. The SMILES string of the molecule is CCC(=Cc1sc2ccc(Cl)cc2[n+]1CS(=O)(=O)[O-])C=C1Sc2ccc(Cl)cc2N1CS(=O)(=O)[O-]. The van der Waals surface area contributed by atoms with Crippen molar-refractivity contribution in [1.29, 1.82) is 0 Å². The Morgan fingerprint density at radius 1 is 1.06 bits per heavy atom. The van der Waals surface area contributed by atoms with Crippen LogP contribution in [0, 0.1) is 0 Å². The minimum atomic E-state index is -4.60. The van der Waals surface area contributed by atoms with Crippen molar-refractivity contribution in [2.75, 3.05) is 10.8 Å². The maximum absolute atomic E-state index is 11.6. The normalized spacial score (nSPS) is 15.9. The summed E-state index contributed by atoms with van der Waals surface area (Å²) in [7, 11) is -9.21. The number of nitrogens with zero attached hydrogens (tertiary/aromatic N) is 2. The molecule has 1 aliphatic heterocycles. The first-order valence-electron chi connectivity index (χ1n) is 9.99. The molecule has 35 heavy (non-hydrogen) atoms. The molecule has 2 aromatic carbocycles. The molecule has 14 heteroatoms. The second kappa shape index (κ2) is 10.0. The zero-order valence-corrected chi connectivity index (χ0v) is 22.8. The summed E-state index contributed by atoms with van der Waals surface area (Å²) in [6.07, 6.45) is 3.96. The summed E-state index contributed by atoms with van der Waals surface area (Å²) in [5, 5.41) is 1.80. The van der Waals surface area contributed by atoms with E-state index in [1.54, 1.807) is 48.6 Å². The number of thioether (sulfide) groups is 1. The summed E-state index contributed by atoms with van der Waals surface area (Å²) in [5.41, 5.74) is 1.73. The van der Waals surface area contributed by atoms with Gasteiger partial charge >= 0.3 is 0 Å². The minimum Gasteiger partial charge on any atom is -0.747 e. The van der Waals surface area contributed by atoms with Gasteiger partial charge in [-0.15, -0.1) is 0 Å². The zero-order chi connectivity index (χ0) is 25.5. The number of hydrogen-bond donors (Lipinski definition) is 0. The van der Waals surface area contributed by atoms with Gasteiger partial charge < -0.3 is 14.0 Å². The molecule has 3 aromatic rings. The number of aromatic nitrogens is 1. The minimum absolute atomic E-state index is 0.397. The van der Waals surface area contributed by atoms with Gasteiger partial charge in [-0.3, -0.25) is 0 Å². The van der Waals surface area contributed by atoms with Crippen LogP contribution in [0.2, 0.25) is 10.0 Å². The predicted molar refractivity (Wildman–Crippen MR) is 137 cm³/mol. The fraction of sp³-hybridized carbons (Fsp3) is 0.190. The van der Waals surface area contributed by atoms with E-state index in [0.717, 1.165) is 15.2 Å². The molecule has 0 unspecified atom stereocenters. The monoisotopic (exact) mass is 591 g/mol. The second-order valence-electron chi connectivity index (χ2n) is 7.55. The number of rotatable bonds is 7. The van der Waals surface area contributed by atoms with Crippen LogP contribution in [-0.4, -0.2) is 31.8 Å². The lowest BCUT2D eigenvalue weighted by molar-refractivity contribution is -0.649. The molecule has 0 amide bonds. The van der Waals surface area contributed by atoms with Gasteiger partial charge in [0.1, 0.15) is 20.7 Å². The van der Waals surface area contributed by atoms with E-state index in [9.17, 15) is 25.9 Å². The molecule has 0 fully saturated rings. The Bertz CT molecular complexity index is 1600. The standard InChI is InChI=1S/C21H18Cl2N2O6S4/c1-2-13(7-20-24(11-34(26,27)28)16-9-14(22)3-5-18(16)32-20)8-21-25(12-35(29,30)31)17-10-15(23)4-6-19(17)33-21/h3-10H,2,11-12H2,1H3,(H-,26,27,28,29,30,31)/p-1. The summed E-state index contributed by atoms with van der Waals surface area (Å²) in [4.78, 5) is 2.13. The third-order valence-corrected chi connectivity index (χ3v) is 8.83. The molecule has 8 nitrogen and oxygen atoms in total. The molecular weight excluding hydrogens is 575 g/mol. The highest BCUT2D eigenvalue weighted by atomic mass is 35.5. The number of benzene rings is 2. The van der Waals surface area contributed by atoms with Crippen molar-refractivity contribution >= 4 is 88.5 Å². The topological polar surface area (TPSA) is 122 Å². The third kappa shape index (κ3) is 6.38. The fourth-order valence-corrected chi connectivity index (χ4v) is 7.43. The van der Waals surface area contributed by atoms with Gasteiger partial charge in [-0.1, -0.05) is 53.2 Å². The molecule has 0 aliphatic carbocycles. The van der Waals surface area contributed by atoms with Crippen LogP contribution < -0.4 is 9.47 Å². The van der Waals surface area contributed by atoms with Crippen LogP contribution in [0.1, 0.15) is 18.4 Å². The molecule has 186 valence electrons. The molecule has 0 atom stereocenters. The highest BCUT2D eigenvalue weighted by molar-refractivity contribution is 8.03. The summed E-state index contributed by atoms with van der Waals surface area (Å²) >= 11 is 14.7. The predicted octanol–water partition coefficient (Wildman–Crippen LogP) is 4.75. The van der Waals surface area contributed by atoms with E-state index in [0.29, 0.717) is 37.7 Å². The largest absolute Gasteiger partial charge is 0.747 e. The molecule has 0 N–H and O–H groups in total. The van der Waals surface area contributed by atoms with Gasteiger partial charge in [0.15, 0.2) is 10.1 Å². The van der Waals surface area contributed by atoms with Crippen molar-refractivity contribution in [2.24, 2.45) is 0 Å². The molecular formula is C21H17Cl2N2O6S4-. The smallest absolute Gasteiger partial charge is 0.263 e. The van der Waals surface area contributed by atoms with Gasteiger partial charge in [-0.25, -0.2) is 16.8 Å². The Morgan fingerprint density at radius 3 is 2.40 bits per heavy atom. The summed E-state index contributed by atoms with van der Waals surface area (Å²) in [6.45, 7) is 1.88. The average Bonchev–Trinajstić information content (AvgIpc) is 3.23. The van der Waals surface area contributed by atoms with Crippen molar-refractivity contribution < 1.29 is 30.5 Å². The van der Waals surface area contributed by atoms with Gasteiger partial charge in [0, 0.05) is 27.1 Å². The van der Waals surface area contributed by atoms with Crippen LogP contribution >= 0.6 is 46.3 Å². The average molecular weight is 593 g/mol. The van der Waals surface area contributed by atoms with Crippen molar-refractivity contribution in [2.45, 2.75) is 24.1 Å². The third-order valence-electron chi connectivity index (χ3n) is 4.99. The zero-order valence-electron chi connectivity index (χ0n) is 18.0. The van der Waals surface area contributed by atoms with Crippen LogP contribution in [0.3, 0.4) is 0 Å². The molecule has 0 bridgehead atoms. The van der Waals surface area contributed by atoms with Gasteiger partial charge in [-0.05, 0) is 48.4 Å². The molecule has 4 rings (SSSR count). The number of halogens is 2. The lowest BCUT2D eigenvalue weighted by Crippen LogP contribution is -2.39. The van der Waals surface area contributed by atoms with Crippen molar-refractivity contribution in [1.82, 2.24) is 0 Å². The van der Waals surface area contributed by atoms with E-state index in [1.807, 2.05) is 6.92 Å². The van der Waals surface area contributed by atoms with Crippen LogP contribution in [0.5, 0.6) is 0 Å². The van der Waals surface area contributed by atoms with Crippen molar-refractivity contribution in [3.63, 3.8) is 0 Å². The summed E-state index contributed by atoms with van der Waals surface area (Å²) < 4.78 is 71.7. The number of fused-ring (bicyclic) bond motifs is 2. The first-order chi connectivity index (χ1) is 16.3. The first-order valence-corrected chi connectivity index (χ1v) is 15.5. The molecule has 2 heterocycles. The second-order valence-corrected chi connectivity index (χ2v) is 13.3. The van der Waals surface area contributed by atoms with E-state index in [-0.39, 0.29) is 0 Å².